The molecule has 1 aromatic heterocycles. The zero-order valence-electron chi connectivity index (χ0n) is 15.3. The van der Waals surface area contributed by atoms with E-state index in [2.05, 4.69) is 15.6 Å². The zero-order valence-corrected chi connectivity index (χ0v) is 16.1. The van der Waals surface area contributed by atoms with Crippen LogP contribution in [0, 0.1) is 5.82 Å². The first kappa shape index (κ1) is 20.2. The number of rotatable bonds is 8. The summed E-state index contributed by atoms with van der Waals surface area (Å²) in [5.74, 6) is 0.421. The topological polar surface area (TPSA) is 65.9 Å². The molecule has 0 spiro atoms. The lowest BCUT2D eigenvalue weighted by atomic mass is 10.1. The molecule has 2 unspecified atom stereocenters. The largest absolute Gasteiger partial charge is 0.486 e. The van der Waals surface area contributed by atoms with Crippen LogP contribution in [0.2, 0.25) is 0 Å². The molecule has 142 valence electrons. The first-order valence-electron chi connectivity index (χ1n) is 8.62. The first-order valence-corrected chi connectivity index (χ1v) is 9.50. The summed E-state index contributed by atoms with van der Waals surface area (Å²) in [6, 6.07) is 10.1. The number of nitrogens with one attached hydrogen (secondary N) is 2. The van der Waals surface area contributed by atoms with E-state index in [4.69, 9.17) is 4.74 Å². The fourth-order valence-electron chi connectivity index (χ4n) is 2.28. The smallest absolute Gasteiger partial charge is 0.191 e. The van der Waals surface area contributed by atoms with E-state index in [0.29, 0.717) is 19.0 Å². The predicted molar refractivity (Wildman–Crippen MR) is 104 cm³/mol. The van der Waals surface area contributed by atoms with Crippen LogP contribution in [0.3, 0.4) is 0 Å². The van der Waals surface area contributed by atoms with Gasteiger partial charge in [-0.1, -0.05) is 18.2 Å². The van der Waals surface area contributed by atoms with E-state index in [1.54, 1.807) is 25.1 Å². The SMILES string of the molecule is CCNC(=NCC(C)(O)c1cccs1)NCC(C)Oc1ccccc1F. The van der Waals surface area contributed by atoms with Crippen molar-refractivity contribution in [1.82, 2.24) is 10.6 Å². The molecule has 0 amide bonds. The number of hydrogen-bond donors (Lipinski definition) is 3. The van der Waals surface area contributed by atoms with Gasteiger partial charge in [-0.15, -0.1) is 11.3 Å². The van der Waals surface area contributed by atoms with Crippen molar-refractivity contribution in [3.8, 4) is 5.75 Å². The van der Waals surface area contributed by atoms with Crippen molar-refractivity contribution in [3.05, 3.63) is 52.5 Å². The van der Waals surface area contributed by atoms with E-state index in [1.807, 2.05) is 31.4 Å². The molecule has 0 aliphatic rings. The second-order valence-corrected chi connectivity index (χ2v) is 7.13. The highest BCUT2D eigenvalue weighted by Crippen LogP contribution is 2.25. The van der Waals surface area contributed by atoms with E-state index in [1.165, 1.54) is 17.4 Å². The van der Waals surface area contributed by atoms with Crippen molar-refractivity contribution in [3.63, 3.8) is 0 Å². The minimum Gasteiger partial charge on any atom is -0.486 e. The summed E-state index contributed by atoms with van der Waals surface area (Å²) in [6.45, 7) is 6.93. The lowest BCUT2D eigenvalue weighted by Crippen LogP contribution is -2.42. The van der Waals surface area contributed by atoms with Crippen LogP contribution in [0.1, 0.15) is 25.6 Å². The molecule has 26 heavy (non-hydrogen) atoms. The van der Waals surface area contributed by atoms with Crippen LogP contribution in [-0.2, 0) is 5.60 Å². The monoisotopic (exact) mass is 379 g/mol. The maximum absolute atomic E-state index is 13.6. The third-order valence-corrected chi connectivity index (χ3v) is 4.79. The Morgan fingerprint density at radius 1 is 1.31 bits per heavy atom. The number of hydrogen-bond acceptors (Lipinski definition) is 4. The van der Waals surface area contributed by atoms with Crippen molar-refractivity contribution in [1.29, 1.82) is 0 Å². The van der Waals surface area contributed by atoms with E-state index in [9.17, 15) is 9.50 Å². The molecule has 0 fully saturated rings. The van der Waals surface area contributed by atoms with Crippen LogP contribution in [0.25, 0.3) is 0 Å². The molecule has 3 N–H and O–H groups in total. The average molecular weight is 380 g/mol. The molecule has 0 bridgehead atoms. The summed E-state index contributed by atoms with van der Waals surface area (Å²) in [5, 5.41) is 18.8. The lowest BCUT2D eigenvalue weighted by Gasteiger charge is -2.21. The molecule has 0 radical (unpaired) electrons. The Balaban J connectivity index is 1.91. The number of benzene rings is 1. The van der Waals surface area contributed by atoms with Crippen molar-refractivity contribution in [2.24, 2.45) is 4.99 Å². The van der Waals surface area contributed by atoms with Gasteiger partial charge in [0.25, 0.3) is 0 Å². The quantitative estimate of drug-likeness (QED) is 0.487. The molecule has 2 atom stereocenters. The second kappa shape index (κ2) is 9.54. The molecule has 0 aliphatic carbocycles. The summed E-state index contributed by atoms with van der Waals surface area (Å²) in [4.78, 5) is 5.33. The lowest BCUT2D eigenvalue weighted by molar-refractivity contribution is 0.0711. The zero-order chi connectivity index (χ0) is 19.0. The average Bonchev–Trinajstić information content (AvgIpc) is 3.15. The number of ether oxygens (including phenoxy) is 1. The fourth-order valence-corrected chi connectivity index (χ4v) is 3.06. The van der Waals surface area contributed by atoms with Crippen molar-refractivity contribution in [2.45, 2.75) is 32.5 Å². The Bertz CT molecular complexity index is 705. The van der Waals surface area contributed by atoms with Gasteiger partial charge in [0.1, 0.15) is 11.7 Å². The number of guanidine groups is 1. The molecule has 1 aromatic carbocycles. The van der Waals surface area contributed by atoms with Crippen LogP contribution in [-0.4, -0.2) is 36.8 Å². The van der Waals surface area contributed by atoms with Gasteiger partial charge in [0.05, 0.1) is 13.1 Å². The summed E-state index contributed by atoms with van der Waals surface area (Å²) in [5.41, 5.74) is -1.02. The molecule has 7 heteroatoms. The number of halogens is 1. The Kier molecular flexibility index (Phi) is 7.41. The van der Waals surface area contributed by atoms with E-state index >= 15 is 0 Å². The van der Waals surface area contributed by atoms with Crippen LogP contribution in [0.4, 0.5) is 4.39 Å². The van der Waals surface area contributed by atoms with Gasteiger partial charge >= 0.3 is 0 Å². The summed E-state index contributed by atoms with van der Waals surface area (Å²) >= 11 is 1.50. The fraction of sp³-hybridized carbons (Fsp3) is 0.421. The first-order chi connectivity index (χ1) is 12.4. The number of aliphatic hydroxyl groups is 1. The summed E-state index contributed by atoms with van der Waals surface area (Å²) in [6.07, 6.45) is -0.256. The Morgan fingerprint density at radius 3 is 2.73 bits per heavy atom. The normalized spacial score (nSPS) is 15.2. The third kappa shape index (κ3) is 6.00. The van der Waals surface area contributed by atoms with Gasteiger partial charge in [-0.3, -0.25) is 0 Å². The highest BCUT2D eigenvalue weighted by Gasteiger charge is 2.24. The highest BCUT2D eigenvalue weighted by molar-refractivity contribution is 7.10. The van der Waals surface area contributed by atoms with Gasteiger partial charge in [-0.05, 0) is 44.4 Å². The van der Waals surface area contributed by atoms with Gasteiger partial charge in [0, 0.05) is 11.4 Å². The molecule has 0 saturated heterocycles. The van der Waals surface area contributed by atoms with Crippen molar-refractivity contribution in [2.75, 3.05) is 19.6 Å². The molecule has 5 nitrogen and oxygen atoms in total. The molecule has 0 saturated carbocycles. The highest BCUT2D eigenvalue weighted by atomic mass is 32.1. The summed E-state index contributed by atoms with van der Waals surface area (Å²) in [7, 11) is 0. The number of aliphatic imine (C=N–C) groups is 1. The minimum absolute atomic E-state index is 0.226. The minimum atomic E-state index is -1.02. The molecule has 1 heterocycles. The van der Waals surface area contributed by atoms with E-state index < -0.39 is 5.60 Å². The van der Waals surface area contributed by atoms with Crippen molar-refractivity contribution >= 4 is 17.3 Å². The number of nitrogens with zero attached hydrogens (tertiary/aromatic N) is 1. The van der Waals surface area contributed by atoms with Gasteiger partial charge < -0.3 is 20.5 Å². The van der Waals surface area contributed by atoms with Crippen LogP contribution in [0.5, 0.6) is 5.75 Å². The van der Waals surface area contributed by atoms with Gasteiger partial charge in [-0.25, -0.2) is 9.38 Å². The van der Waals surface area contributed by atoms with Crippen LogP contribution in [0.15, 0.2) is 46.8 Å². The Hall–Kier alpha value is -2.12. The molecular formula is C19H26FN3O2S. The summed E-state index contributed by atoms with van der Waals surface area (Å²) < 4.78 is 19.3. The Morgan fingerprint density at radius 2 is 2.08 bits per heavy atom. The van der Waals surface area contributed by atoms with Gasteiger partial charge in [0.2, 0.25) is 0 Å². The molecule has 0 aliphatic heterocycles. The molecule has 2 rings (SSSR count). The van der Waals surface area contributed by atoms with E-state index in [-0.39, 0.29) is 24.2 Å². The van der Waals surface area contributed by atoms with Gasteiger partial charge in [-0.2, -0.15) is 0 Å². The number of thiophene rings is 1. The van der Waals surface area contributed by atoms with Crippen LogP contribution >= 0.6 is 11.3 Å². The number of para-hydroxylation sites is 1. The van der Waals surface area contributed by atoms with Gasteiger partial charge in [0.15, 0.2) is 17.5 Å². The maximum atomic E-state index is 13.6. The van der Waals surface area contributed by atoms with Crippen LogP contribution < -0.4 is 15.4 Å². The van der Waals surface area contributed by atoms with E-state index in [0.717, 1.165) is 4.88 Å². The second-order valence-electron chi connectivity index (χ2n) is 6.19. The van der Waals surface area contributed by atoms with Crippen molar-refractivity contribution < 1.29 is 14.2 Å². The third-order valence-electron chi connectivity index (χ3n) is 3.66. The standard InChI is InChI=1S/C19H26FN3O2S/c1-4-21-18(23-13-19(3,24)17-10-7-11-26-17)22-12-14(2)25-16-9-6-5-8-15(16)20/h5-11,14,24H,4,12-13H2,1-3H3,(H2,21,22,23). The molecule has 2 aromatic rings. The molecular weight excluding hydrogens is 353 g/mol. The maximum Gasteiger partial charge on any atom is 0.191 e. The predicted octanol–water partition coefficient (Wildman–Crippen LogP) is 3.12. The Labute approximate surface area is 157 Å².